The SMILES string of the molecule is Cn1cc(C(=O)NCC2(CBr)CC2)cn1. The standard InChI is InChI=1S/C10H14BrN3O/c1-14-5-8(4-13-14)9(15)12-7-10(6-11)2-3-10/h4-5H,2-3,6-7H2,1H3,(H,12,15). The number of carbonyl (C=O) groups excluding carboxylic acids is 1. The average Bonchev–Trinajstić information content (AvgIpc) is 2.90. The molecule has 1 saturated carbocycles. The molecule has 1 aliphatic carbocycles. The Morgan fingerprint density at radius 3 is 2.93 bits per heavy atom. The molecule has 0 unspecified atom stereocenters. The molecule has 0 bridgehead atoms. The Labute approximate surface area is 97.2 Å². The molecule has 1 aliphatic rings. The molecule has 1 aromatic rings. The van der Waals surface area contributed by atoms with Crippen molar-refractivity contribution >= 4 is 21.8 Å². The van der Waals surface area contributed by atoms with Crippen molar-refractivity contribution < 1.29 is 4.79 Å². The summed E-state index contributed by atoms with van der Waals surface area (Å²) in [7, 11) is 1.80. The highest BCUT2D eigenvalue weighted by Crippen LogP contribution is 2.46. The number of carbonyl (C=O) groups is 1. The number of alkyl halides is 1. The van der Waals surface area contributed by atoms with Gasteiger partial charge in [0.2, 0.25) is 0 Å². The molecule has 4 nitrogen and oxygen atoms in total. The minimum absolute atomic E-state index is 0.0321. The molecule has 82 valence electrons. The number of aryl methyl sites for hydroxylation is 1. The lowest BCUT2D eigenvalue weighted by Crippen LogP contribution is -2.30. The summed E-state index contributed by atoms with van der Waals surface area (Å²) in [6, 6.07) is 0. The molecule has 0 aromatic carbocycles. The first-order chi connectivity index (χ1) is 7.15. The van der Waals surface area contributed by atoms with Crippen molar-refractivity contribution in [2.75, 3.05) is 11.9 Å². The van der Waals surface area contributed by atoms with Crippen molar-refractivity contribution in [1.82, 2.24) is 15.1 Å². The van der Waals surface area contributed by atoms with Crippen LogP contribution in [0.1, 0.15) is 23.2 Å². The van der Waals surface area contributed by atoms with E-state index in [1.807, 2.05) is 0 Å². The van der Waals surface area contributed by atoms with Gasteiger partial charge in [0, 0.05) is 25.1 Å². The summed E-state index contributed by atoms with van der Waals surface area (Å²) >= 11 is 3.48. The number of halogens is 1. The second kappa shape index (κ2) is 3.96. The van der Waals surface area contributed by atoms with E-state index in [2.05, 4.69) is 26.3 Å². The first-order valence-electron chi connectivity index (χ1n) is 4.98. The topological polar surface area (TPSA) is 46.9 Å². The summed E-state index contributed by atoms with van der Waals surface area (Å²) in [6.07, 6.45) is 5.71. The maximum atomic E-state index is 11.7. The third kappa shape index (κ3) is 2.40. The highest BCUT2D eigenvalue weighted by molar-refractivity contribution is 9.09. The van der Waals surface area contributed by atoms with Gasteiger partial charge in [0.1, 0.15) is 0 Å². The van der Waals surface area contributed by atoms with Crippen molar-refractivity contribution in [2.24, 2.45) is 12.5 Å². The zero-order chi connectivity index (χ0) is 10.9. The van der Waals surface area contributed by atoms with E-state index in [0.717, 1.165) is 11.9 Å². The Hall–Kier alpha value is -0.840. The molecule has 0 aliphatic heterocycles. The van der Waals surface area contributed by atoms with Crippen molar-refractivity contribution in [3.63, 3.8) is 0 Å². The second-order valence-electron chi connectivity index (χ2n) is 4.22. The number of nitrogens with one attached hydrogen (secondary N) is 1. The van der Waals surface area contributed by atoms with Gasteiger partial charge in [0.05, 0.1) is 11.8 Å². The fraction of sp³-hybridized carbons (Fsp3) is 0.600. The fourth-order valence-electron chi connectivity index (χ4n) is 1.44. The van der Waals surface area contributed by atoms with E-state index in [1.54, 1.807) is 24.1 Å². The Kier molecular flexibility index (Phi) is 2.82. The molecule has 1 fully saturated rings. The van der Waals surface area contributed by atoms with Crippen LogP contribution < -0.4 is 5.32 Å². The van der Waals surface area contributed by atoms with Crippen LogP contribution in [0.4, 0.5) is 0 Å². The van der Waals surface area contributed by atoms with Gasteiger partial charge >= 0.3 is 0 Å². The predicted molar refractivity (Wildman–Crippen MR) is 61.0 cm³/mol. The maximum Gasteiger partial charge on any atom is 0.254 e. The van der Waals surface area contributed by atoms with Gasteiger partial charge in [-0.3, -0.25) is 9.48 Å². The van der Waals surface area contributed by atoms with E-state index < -0.39 is 0 Å². The molecule has 1 N–H and O–H groups in total. The molecule has 1 aromatic heterocycles. The van der Waals surface area contributed by atoms with Crippen molar-refractivity contribution in [3.8, 4) is 0 Å². The lowest BCUT2D eigenvalue weighted by molar-refractivity contribution is 0.0946. The number of hydrogen-bond acceptors (Lipinski definition) is 2. The fourth-order valence-corrected chi connectivity index (χ4v) is 2.20. The van der Waals surface area contributed by atoms with Crippen LogP contribution in [-0.4, -0.2) is 27.6 Å². The van der Waals surface area contributed by atoms with E-state index in [4.69, 9.17) is 0 Å². The number of amides is 1. The van der Waals surface area contributed by atoms with Gasteiger partial charge in [-0.05, 0) is 18.3 Å². The van der Waals surface area contributed by atoms with E-state index in [9.17, 15) is 4.79 Å². The average molecular weight is 272 g/mol. The van der Waals surface area contributed by atoms with Crippen molar-refractivity contribution in [1.29, 1.82) is 0 Å². The number of nitrogens with zero attached hydrogens (tertiary/aromatic N) is 2. The van der Waals surface area contributed by atoms with Crippen LogP contribution >= 0.6 is 15.9 Å². The van der Waals surface area contributed by atoms with E-state index in [0.29, 0.717) is 11.0 Å². The predicted octanol–water partition coefficient (Wildman–Crippen LogP) is 1.32. The molecule has 15 heavy (non-hydrogen) atoms. The summed E-state index contributed by atoms with van der Waals surface area (Å²) in [5, 5.41) is 7.87. The second-order valence-corrected chi connectivity index (χ2v) is 4.78. The zero-order valence-corrected chi connectivity index (χ0v) is 10.2. The summed E-state index contributed by atoms with van der Waals surface area (Å²) in [6.45, 7) is 0.756. The van der Waals surface area contributed by atoms with Crippen LogP contribution in [0.15, 0.2) is 12.4 Å². The maximum absolute atomic E-state index is 11.7. The third-order valence-electron chi connectivity index (χ3n) is 2.83. The molecule has 0 spiro atoms. The molecular weight excluding hydrogens is 258 g/mol. The van der Waals surface area contributed by atoms with Gasteiger partial charge in [0.25, 0.3) is 5.91 Å². The first-order valence-corrected chi connectivity index (χ1v) is 6.10. The third-order valence-corrected chi connectivity index (χ3v) is 4.02. The molecule has 1 amide bonds. The number of hydrogen-bond donors (Lipinski definition) is 1. The molecular formula is C10H14BrN3O. The minimum Gasteiger partial charge on any atom is -0.351 e. The Morgan fingerprint density at radius 1 is 1.73 bits per heavy atom. The molecule has 0 saturated heterocycles. The molecule has 1 heterocycles. The highest BCUT2D eigenvalue weighted by Gasteiger charge is 2.41. The van der Waals surface area contributed by atoms with Gasteiger partial charge < -0.3 is 5.32 Å². The van der Waals surface area contributed by atoms with Crippen molar-refractivity contribution in [3.05, 3.63) is 18.0 Å². The first kappa shape index (κ1) is 10.7. The van der Waals surface area contributed by atoms with Gasteiger partial charge in [0.15, 0.2) is 0 Å². The Bertz CT molecular complexity index is 370. The van der Waals surface area contributed by atoms with Crippen molar-refractivity contribution in [2.45, 2.75) is 12.8 Å². The summed E-state index contributed by atoms with van der Waals surface area (Å²) in [5.74, 6) is -0.0321. The lowest BCUT2D eigenvalue weighted by atomic mass is 10.1. The van der Waals surface area contributed by atoms with E-state index in [-0.39, 0.29) is 5.91 Å². The van der Waals surface area contributed by atoms with Crippen LogP contribution in [-0.2, 0) is 7.05 Å². The Balaban J connectivity index is 1.88. The number of rotatable bonds is 4. The quantitative estimate of drug-likeness (QED) is 0.840. The summed E-state index contributed by atoms with van der Waals surface area (Å²) in [5.41, 5.74) is 0.945. The van der Waals surface area contributed by atoms with Crippen LogP contribution in [0, 0.1) is 5.41 Å². The summed E-state index contributed by atoms with van der Waals surface area (Å²) < 4.78 is 1.63. The minimum atomic E-state index is -0.0321. The highest BCUT2D eigenvalue weighted by atomic mass is 79.9. The zero-order valence-electron chi connectivity index (χ0n) is 8.66. The van der Waals surface area contributed by atoms with Gasteiger partial charge in [-0.15, -0.1) is 0 Å². The Morgan fingerprint density at radius 2 is 2.47 bits per heavy atom. The van der Waals surface area contributed by atoms with Crippen LogP contribution in [0.2, 0.25) is 0 Å². The largest absolute Gasteiger partial charge is 0.351 e. The van der Waals surface area contributed by atoms with Crippen LogP contribution in [0.3, 0.4) is 0 Å². The van der Waals surface area contributed by atoms with Crippen LogP contribution in [0.25, 0.3) is 0 Å². The normalized spacial score (nSPS) is 17.5. The lowest BCUT2D eigenvalue weighted by Gasteiger charge is -2.11. The smallest absolute Gasteiger partial charge is 0.254 e. The van der Waals surface area contributed by atoms with Gasteiger partial charge in [-0.1, -0.05) is 15.9 Å². The molecule has 2 rings (SSSR count). The van der Waals surface area contributed by atoms with Crippen LogP contribution in [0.5, 0.6) is 0 Å². The van der Waals surface area contributed by atoms with Gasteiger partial charge in [-0.25, -0.2) is 0 Å². The molecule has 5 heteroatoms. The van der Waals surface area contributed by atoms with Gasteiger partial charge in [-0.2, -0.15) is 5.10 Å². The monoisotopic (exact) mass is 271 g/mol. The molecule has 0 radical (unpaired) electrons. The molecule has 0 atom stereocenters. The summed E-state index contributed by atoms with van der Waals surface area (Å²) in [4.78, 5) is 11.7. The van der Waals surface area contributed by atoms with E-state index in [1.165, 1.54) is 12.8 Å². The van der Waals surface area contributed by atoms with E-state index >= 15 is 0 Å². The number of aromatic nitrogens is 2.